The third kappa shape index (κ3) is 1.01. The van der Waals surface area contributed by atoms with Crippen LogP contribution in [0.5, 0.6) is 0 Å². The van der Waals surface area contributed by atoms with Crippen LogP contribution >= 0.6 is 0 Å². The molecular formula is C12H10N2. The Bertz CT molecular complexity index is 468. The number of pyridine rings is 1. The van der Waals surface area contributed by atoms with Crippen molar-refractivity contribution in [1.82, 2.24) is 9.55 Å². The number of rotatable bonds is 1. The molecule has 3 rings (SSSR count). The third-order valence-electron chi connectivity index (χ3n) is 2.58. The first-order valence-corrected chi connectivity index (χ1v) is 4.71. The number of hydrogen-bond acceptors (Lipinski definition) is 1. The van der Waals surface area contributed by atoms with E-state index >= 15 is 0 Å². The number of nitrogens with zero attached hydrogens (tertiary/aromatic N) is 2. The minimum Gasteiger partial charge on any atom is -0.327 e. The van der Waals surface area contributed by atoms with Gasteiger partial charge in [0.2, 0.25) is 0 Å². The summed E-state index contributed by atoms with van der Waals surface area (Å²) < 4.78 is 2.14. The number of hydrogen-bond donors (Lipinski definition) is 0. The van der Waals surface area contributed by atoms with Crippen molar-refractivity contribution in [2.45, 2.75) is 5.92 Å². The van der Waals surface area contributed by atoms with E-state index in [9.17, 15) is 0 Å². The minimum atomic E-state index is 0.325. The summed E-state index contributed by atoms with van der Waals surface area (Å²) in [7, 11) is 0. The van der Waals surface area contributed by atoms with Crippen molar-refractivity contribution in [2.75, 3.05) is 0 Å². The van der Waals surface area contributed by atoms with Gasteiger partial charge >= 0.3 is 0 Å². The maximum Gasteiger partial charge on any atom is 0.0616 e. The average molecular weight is 182 g/mol. The van der Waals surface area contributed by atoms with Crippen LogP contribution in [0.25, 0.3) is 6.20 Å². The molecule has 0 N–H and O–H groups in total. The van der Waals surface area contributed by atoms with Crippen molar-refractivity contribution in [2.24, 2.45) is 0 Å². The number of allylic oxidation sites excluding steroid dienone is 1. The van der Waals surface area contributed by atoms with Gasteiger partial charge in [0, 0.05) is 24.3 Å². The van der Waals surface area contributed by atoms with E-state index in [2.05, 4.69) is 46.2 Å². The molecule has 2 aromatic rings. The van der Waals surface area contributed by atoms with Crippen LogP contribution in [0.3, 0.4) is 0 Å². The SMILES string of the molecule is C1=Cn2cccc2C1c1ccccn1. The molecule has 0 bridgehead atoms. The Morgan fingerprint density at radius 2 is 2.14 bits per heavy atom. The van der Waals surface area contributed by atoms with E-state index in [4.69, 9.17) is 0 Å². The largest absolute Gasteiger partial charge is 0.327 e. The zero-order valence-corrected chi connectivity index (χ0v) is 7.67. The quantitative estimate of drug-likeness (QED) is 0.662. The molecular weight excluding hydrogens is 172 g/mol. The van der Waals surface area contributed by atoms with E-state index in [0.717, 1.165) is 5.69 Å². The summed E-state index contributed by atoms with van der Waals surface area (Å²) in [6.07, 6.45) is 8.18. The minimum absolute atomic E-state index is 0.325. The second-order valence-electron chi connectivity index (χ2n) is 3.41. The molecule has 0 spiro atoms. The predicted molar refractivity (Wildman–Crippen MR) is 55.8 cm³/mol. The van der Waals surface area contributed by atoms with E-state index in [-0.39, 0.29) is 0 Å². The molecule has 0 aromatic carbocycles. The van der Waals surface area contributed by atoms with Crippen molar-refractivity contribution in [3.8, 4) is 0 Å². The van der Waals surface area contributed by atoms with Crippen LogP contribution in [0.15, 0.2) is 48.8 Å². The smallest absolute Gasteiger partial charge is 0.0616 e. The third-order valence-corrected chi connectivity index (χ3v) is 2.58. The van der Waals surface area contributed by atoms with Gasteiger partial charge in [0.25, 0.3) is 0 Å². The summed E-state index contributed by atoms with van der Waals surface area (Å²) in [4.78, 5) is 4.37. The molecule has 14 heavy (non-hydrogen) atoms. The fraction of sp³-hybridized carbons (Fsp3) is 0.0833. The van der Waals surface area contributed by atoms with Gasteiger partial charge in [-0.15, -0.1) is 0 Å². The van der Waals surface area contributed by atoms with Crippen molar-refractivity contribution in [3.63, 3.8) is 0 Å². The molecule has 2 nitrogen and oxygen atoms in total. The van der Waals surface area contributed by atoms with Crippen molar-refractivity contribution >= 4 is 6.20 Å². The summed E-state index contributed by atoms with van der Waals surface area (Å²) in [5, 5.41) is 0. The molecule has 0 saturated heterocycles. The number of aromatic nitrogens is 2. The van der Waals surface area contributed by atoms with Gasteiger partial charge in [-0.25, -0.2) is 0 Å². The van der Waals surface area contributed by atoms with Crippen LogP contribution in [0.4, 0.5) is 0 Å². The maximum atomic E-state index is 4.37. The molecule has 1 atom stereocenters. The topological polar surface area (TPSA) is 17.8 Å². The van der Waals surface area contributed by atoms with E-state index in [0.29, 0.717) is 5.92 Å². The molecule has 0 aliphatic carbocycles. The van der Waals surface area contributed by atoms with Gasteiger partial charge in [-0.3, -0.25) is 4.98 Å². The number of fused-ring (bicyclic) bond motifs is 1. The van der Waals surface area contributed by atoms with Gasteiger partial charge in [0.1, 0.15) is 0 Å². The van der Waals surface area contributed by atoms with E-state index < -0.39 is 0 Å². The van der Waals surface area contributed by atoms with E-state index in [1.54, 1.807) is 0 Å². The molecule has 0 radical (unpaired) electrons. The Hall–Kier alpha value is -1.83. The molecule has 1 aliphatic heterocycles. The monoisotopic (exact) mass is 182 g/mol. The van der Waals surface area contributed by atoms with Gasteiger partial charge in [-0.1, -0.05) is 12.1 Å². The Morgan fingerprint density at radius 1 is 1.14 bits per heavy atom. The van der Waals surface area contributed by atoms with Crippen LogP contribution in [0.2, 0.25) is 0 Å². The lowest BCUT2D eigenvalue weighted by atomic mass is 10.0. The summed E-state index contributed by atoms with van der Waals surface area (Å²) in [6.45, 7) is 0. The van der Waals surface area contributed by atoms with Crippen molar-refractivity contribution in [1.29, 1.82) is 0 Å². The van der Waals surface area contributed by atoms with Gasteiger partial charge in [0.05, 0.1) is 11.6 Å². The van der Waals surface area contributed by atoms with Crippen LogP contribution < -0.4 is 0 Å². The lowest BCUT2D eigenvalue weighted by Gasteiger charge is -2.06. The summed E-state index contributed by atoms with van der Waals surface area (Å²) in [6, 6.07) is 10.2. The highest BCUT2D eigenvalue weighted by Crippen LogP contribution is 2.29. The standard InChI is InChI=1S/C12H10N2/c1-2-7-13-11(4-1)10-6-9-14-8-3-5-12(10)14/h1-10H. The molecule has 1 unspecified atom stereocenters. The first-order valence-electron chi connectivity index (χ1n) is 4.71. The Labute approximate surface area is 82.5 Å². The van der Waals surface area contributed by atoms with E-state index in [1.165, 1.54) is 5.69 Å². The van der Waals surface area contributed by atoms with Crippen LogP contribution in [0.1, 0.15) is 17.3 Å². The van der Waals surface area contributed by atoms with Crippen LogP contribution in [-0.2, 0) is 0 Å². The zero-order chi connectivity index (χ0) is 9.38. The Kier molecular flexibility index (Phi) is 1.53. The first kappa shape index (κ1) is 7.56. The average Bonchev–Trinajstić information content (AvgIpc) is 2.79. The highest BCUT2D eigenvalue weighted by Gasteiger charge is 2.18. The zero-order valence-electron chi connectivity index (χ0n) is 7.67. The predicted octanol–water partition coefficient (Wildman–Crippen LogP) is 2.50. The second-order valence-corrected chi connectivity index (χ2v) is 3.41. The highest BCUT2D eigenvalue weighted by molar-refractivity contribution is 5.46. The Morgan fingerprint density at radius 3 is 3.00 bits per heavy atom. The van der Waals surface area contributed by atoms with Crippen molar-refractivity contribution in [3.05, 3.63) is 60.2 Å². The molecule has 2 heteroatoms. The fourth-order valence-electron chi connectivity index (χ4n) is 1.89. The van der Waals surface area contributed by atoms with Gasteiger partial charge in [-0.2, -0.15) is 0 Å². The van der Waals surface area contributed by atoms with Crippen LogP contribution in [0, 0.1) is 0 Å². The lowest BCUT2D eigenvalue weighted by Crippen LogP contribution is -1.98. The molecule has 3 heterocycles. The molecule has 1 aliphatic rings. The molecule has 0 amide bonds. The first-order chi connectivity index (χ1) is 6.95. The van der Waals surface area contributed by atoms with Gasteiger partial charge in [-0.05, 0) is 24.3 Å². The second kappa shape index (κ2) is 2.84. The summed E-state index contributed by atoms with van der Waals surface area (Å²) in [5.41, 5.74) is 2.41. The molecule has 0 saturated carbocycles. The lowest BCUT2D eigenvalue weighted by molar-refractivity contribution is 0.922. The summed E-state index contributed by atoms with van der Waals surface area (Å²) >= 11 is 0. The molecule has 68 valence electrons. The fourth-order valence-corrected chi connectivity index (χ4v) is 1.89. The van der Waals surface area contributed by atoms with E-state index in [1.807, 2.05) is 18.3 Å². The maximum absolute atomic E-state index is 4.37. The highest BCUT2D eigenvalue weighted by atomic mass is 15.0. The van der Waals surface area contributed by atoms with Gasteiger partial charge in [0.15, 0.2) is 0 Å². The summed E-state index contributed by atoms with van der Waals surface area (Å²) in [5.74, 6) is 0.325. The normalized spacial score (nSPS) is 18.4. The Balaban J connectivity index is 2.08. The molecule has 2 aromatic heterocycles. The van der Waals surface area contributed by atoms with Gasteiger partial charge < -0.3 is 4.57 Å². The van der Waals surface area contributed by atoms with Crippen molar-refractivity contribution < 1.29 is 0 Å². The van der Waals surface area contributed by atoms with Crippen LogP contribution in [-0.4, -0.2) is 9.55 Å². The molecule has 0 fully saturated rings.